The van der Waals surface area contributed by atoms with Crippen molar-refractivity contribution in [2.75, 3.05) is 26.1 Å². The molecule has 5 rings (SSSR count). The second-order valence-corrected chi connectivity index (χ2v) is 11.7. The number of hydrogen-bond acceptors (Lipinski definition) is 4. The van der Waals surface area contributed by atoms with Crippen molar-refractivity contribution in [3.05, 3.63) is 117 Å². The SMILES string of the molecule is COc1ccc(C2=CC(c3ccc(Br)cc3)C3=C(CC(C)(C)/C(=C/c4ccc(N(C)C)cc4)C3=O)N2)cc1. The smallest absolute Gasteiger partial charge is 0.188 e. The zero-order valence-corrected chi connectivity index (χ0v) is 24.1. The van der Waals surface area contributed by atoms with Gasteiger partial charge in [0, 0.05) is 52.7 Å². The van der Waals surface area contributed by atoms with Gasteiger partial charge in [0.05, 0.1) is 7.11 Å². The second kappa shape index (κ2) is 10.3. The normalized spacial score (nSPS) is 19.5. The molecule has 1 aliphatic heterocycles. The van der Waals surface area contributed by atoms with Crippen LogP contribution in [0.15, 0.2) is 100 Å². The highest BCUT2D eigenvalue weighted by atomic mass is 79.9. The first-order valence-corrected chi connectivity index (χ1v) is 13.6. The lowest BCUT2D eigenvalue weighted by atomic mass is 9.67. The molecule has 1 unspecified atom stereocenters. The van der Waals surface area contributed by atoms with Gasteiger partial charge in [0.25, 0.3) is 0 Å². The number of benzene rings is 3. The number of halogens is 1. The maximum Gasteiger partial charge on any atom is 0.188 e. The molecule has 1 N–H and O–H groups in total. The molecular weight excluding hydrogens is 536 g/mol. The summed E-state index contributed by atoms with van der Waals surface area (Å²) >= 11 is 3.56. The Labute approximate surface area is 233 Å². The highest BCUT2D eigenvalue weighted by Crippen LogP contribution is 2.48. The molecule has 1 atom stereocenters. The van der Waals surface area contributed by atoms with Crippen LogP contribution >= 0.6 is 15.9 Å². The van der Waals surface area contributed by atoms with Crippen LogP contribution in [0.5, 0.6) is 5.75 Å². The topological polar surface area (TPSA) is 41.6 Å². The van der Waals surface area contributed by atoms with Gasteiger partial charge in [0.15, 0.2) is 5.78 Å². The van der Waals surface area contributed by atoms with E-state index < -0.39 is 0 Å². The van der Waals surface area contributed by atoms with Crippen molar-refractivity contribution in [2.45, 2.75) is 26.2 Å². The fourth-order valence-corrected chi connectivity index (χ4v) is 5.55. The molecule has 3 aromatic carbocycles. The molecular formula is C33H33BrN2O2. The molecule has 1 heterocycles. The molecule has 0 fully saturated rings. The number of Topliss-reactive ketones (excluding diaryl/α,β-unsaturated/α-hetero) is 1. The largest absolute Gasteiger partial charge is 0.497 e. The molecule has 194 valence electrons. The fourth-order valence-electron chi connectivity index (χ4n) is 5.28. The Hall–Kier alpha value is -3.57. The van der Waals surface area contributed by atoms with Gasteiger partial charge in [-0.25, -0.2) is 0 Å². The maximum atomic E-state index is 14.3. The van der Waals surface area contributed by atoms with E-state index in [4.69, 9.17) is 4.74 Å². The zero-order valence-electron chi connectivity index (χ0n) is 22.5. The Morgan fingerprint density at radius 3 is 2.24 bits per heavy atom. The van der Waals surface area contributed by atoms with E-state index in [1.54, 1.807) is 7.11 Å². The molecule has 1 aliphatic carbocycles. The monoisotopic (exact) mass is 568 g/mol. The number of allylic oxidation sites excluding steroid dienone is 4. The first kappa shape index (κ1) is 26.1. The predicted octanol–water partition coefficient (Wildman–Crippen LogP) is 7.59. The zero-order chi connectivity index (χ0) is 27.0. The lowest BCUT2D eigenvalue weighted by molar-refractivity contribution is -0.113. The number of nitrogens with zero attached hydrogens (tertiary/aromatic N) is 1. The number of hydrogen-bond donors (Lipinski definition) is 1. The Bertz CT molecular complexity index is 1440. The van der Waals surface area contributed by atoms with Gasteiger partial charge in [-0.15, -0.1) is 0 Å². The van der Waals surface area contributed by atoms with Crippen molar-refractivity contribution in [1.82, 2.24) is 5.32 Å². The molecule has 38 heavy (non-hydrogen) atoms. The highest BCUT2D eigenvalue weighted by molar-refractivity contribution is 9.10. The number of methoxy groups -OCH3 is 1. The van der Waals surface area contributed by atoms with Crippen molar-refractivity contribution in [2.24, 2.45) is 5.41 Å². The van der Waals surface area contributed by atoms with E-state index in [0.29, 0.717) is 0 Å². The first-order chi connectivity index (χ1) is 18.2. The standard InChI is InChI=1S/C33H33BrN2O2/c1-33(2)20-30-31(32(37)28(33)18-21-6-14-25(15-7-21)36(3)4)27(22-8-12-24(34)13-9-22)19-29(35-30)23-10-16-26(38-5)17-11-23/h6-19,27,35H,20H2,1-5H3/b28-18+. The van der Waals surface area contributed by atoms with Gasteiger partial charge in [0.1, 0.15) is 5.75 Å². The fraction of sp³-hybridized carbons (Fsp3) is 0.242. The summed E-state index contributed by atoms with van der Waals surface area (Å²) in [4.78, 5) is 16.4. The van der Waals surface area contributed by atoms with E-state index in [1.165, 1.54) is 0 Å². The highest BCUT2D eigenvalue weighted by Gasteiger charge is 2.42. The Kier molecular flexibility index (Phi) is 7.06. The minimum Gasteiger partial charge on any atom is -0.497 e. The number of anilines is 1. The Morgan fingerprint density at radius 1 is 0.974 bits per heavy atom. The number of dihydropyridines is 1. The van der Waals surface area contributed by atoms with E-state index in [2.05, 4.69) is 101 Å². The van der Waals surface area contributed by atoms with Gasteiger partial charge in [-0.2, -0.15) is 0 Å². The second-order valence-electron chi connectivity index (χ2n) is 10.8. The van der Waals surface area contributed by atoms with Crippen LogP contribution in [-0.2, 0) is 4.79 Å². The van der Waals surface area contributed by atoms with E-state index in [9.17, 15) is 4.79 Å². The van der Waals surface area contributed by atoms with Crippen LogP contribution in [0.3, 0.4) is 0 Å². The summed E-state index contributed by atoms with van der Waals surface area (Å²) in [5.41, 5.74) is 7.69. The van der Waals surface area contributed by atoms with Crippen molar-refractivity contribution in [1.29, 1.82) is 0 Å². The minimum atomic E-state index is -0.324. The molecule has 3 aromatic rings. The van der Waals surface area contributed by atoms with Crippen LogP contribution in [0.1, 0.15) is 42.9 Å². The number of rotatable bonds is 5. The first-order valence-electron chi connectivity index (χ1n) is 12.8. The molecule has 0 amide bonds. The molecule has 0 saturated heterocycles. The molecule has 4 nitrogen and oxygen atoms in total. The van der Waals surface area contributed by atoms with Crippen LogP contribution in [0.4, 0.5) is 5.69 Å². The average molecular weight is 570 g/mol. The molecule has 0 saturated carbocycles. The van der Waals surface area contributed by atoms with Crippen molar-refractivity contribution >= 4 is 39.2 Å². The molecule has 5 heteroatoms. The predicted molar refractivity (Wildman–Crippen MR) is 160 cm³/mol. The van der Waals surface area contributed by atoms with Crippen LogP contribution in [0, 0.1) is 5.41 Å². The van der Waals surface area contributed by atoms with Crippen LogP contribution in [0.25, 0.3) is 11.8 Å². The summed E-state index contributed by atoms with van der Waals surface area (Å²) < 4.78 is 6.37. The van der Waals surface area contributed by atoms with E-state index in [0.717, 1.165) is 61.6 Å². The van der Waals surface area contributed by atoms with Gasteiger partial charge in [-0.1, -0.05) is 54.0 Å². The minimum absolute atomic E-state index is 0.110. The molecule has 0 aromatic heterocycles. The van der Waals surface area contributed by atoms with Gasteiger partial charge in [-0.3, -0.25) is 4.79 Å². The molecule has 0 spiro atoms. The van der Waals surface area contributed by atoms with E-state index in [-0.39, 0.29) is 17.1 Å². The third kappa shape index (κ3) is 5.08. The quantitative estimate of drug-likeness (QED) is 0.322. The summed E-state index contributed by atoms with van der Waals surface area (Å²) in [5.74, 6) is 0.773. The number of carbonyl (C=O) groups is 1. The van der Waals surface area contributed by atoms with Gasteiger partial charge < -0.3 is 15.0 Å². The summed E-state index contributed by atoms with van der Waals surface area (Å²) in [5, 5.41) is 3.65. The van der Waals surface area contributed by atoms with E-state index in [1.807, 2.05) is 38.4 Å². The molecule has 0 radical (unpaired) electrons. The Balaban J connectivity index is 1.59. The van der Waals surface area contributed by atoms with Gasteiger partial charge >= 0.3 is 0 Å². The number of carbonyl (C=O) groups excluding carboxylic acids is 1. The van der Waals surface area contributed by atoms with Crippen LogP contribution < -0.4 is 15.0 Å². The summed E-state index contributed by atoms with van der Waals surface area (Å²) in [6.07, 6.45) is 5.01. The lowest BCUT2D eigenvalue weighted by Crippen LogP contribution is -2.37. The number of nitrogens with one attached hydrogen (secondary N) is 1. The lowest BCUT2D eigenvalue weighted by Gasteiger charge is -2.40. The average Bonchev–Trinajstić information content (AvgIpc) is 2.91. The van der Waals surface area contributed by atoms with Gasteiger partial charge in [-0.05, 0) is 89.2 Å². The van der Waals surface area contributed by atoms with Crippen molar-refractivity contribution in [3.8, 4) is 5.75 Å². The maximum absolute atomic E-state index is 14.3. The van der Waals surface area contributed by atoms with Gasteiger partial charge in [0.2, 0.25) is 0 Å². The number of ether oxygens (including phenoxy) is 1. The van der Waals surface area contributed by atoms with Crippen LogP contribution in [-0.4, -0.2) is 27.0 Å². The van der Waals surface area contributed by atoms with Crippen LogP contribution in [0.2, 0.25) is 0 Å². The summed E-state index contributed by atoms with van der Waals surface area (Å²) in [7, 11) is 5.73. The van der Waals surface area contributed by atoms with E-state index >= 15 is 0 Å². The third-order valence-electron chi connectivity index (χ3n) is 7.44. The van der Waals surface area contributed by atoms with Crippen molar-refractivity contribution < 1.29 is 9.53 Å². The number of ketones is 1. The third-order valence-corrected chi connectivity index (χ3v) is 7.97. The Morgan fingerprint density at radius 2 is 1.63 bits per heavy atom. The van der Waals surface area contributed by atoms with Crippen molar-refractivity contribution in [3.63, 3.8) is 0 Å². The summed E-state index contributed by atoms with van der Waals surface area (Å²) in [6, 6.07) is 24.7. The molecule has 0 bridgehead atoms. The summed E-state index contributed by atoms with van der Waals surface area (Å²) in [6.45, 7) is 4.33. The molecule has 2 aliphatic rings.